The molecule has 3 rings (SSSR count). The van der Waals surface area contributed by atoms with Crippen LogP contribution >= 0.6 is 15.9 Å². The predicted molar refractivity (Wildman–Crippen MR) is 80.4 cm³/mol. The van der Waals surface area contributed by atoms with Gasteiger partial charge in [-0.2, -0.15) is 0 Å². The van der Waals surface area contributed by atoms with Gasteiger partial charge in [-0.3, -0.25) is 4.79 Å². The number of anilines is 1. The molecule has 0 radical (unpaired) electrons. The third kappa shape index (κ3) is 2.53. The van der Waals surface area contributed by atoms with E-state index in [4.69, 9.17) is 0 Å². The van der Waals surface area contributed by atoms with E-state index >= 15 is 0 Å². The normalized spacial score (nSPS) is 10.6. The number of aromatic nitrogens is 1. The smallest absolute Gasteiger partial charge is 0.272 e. The molecule has 0 bridgehead atoms. The summed E-state index contributed by atoms with van der Waals surface area (Å²) in [4.78, 5) is 15.2. The Kier molecular flexibility index (Phi) is 3.09. The number of carbonyl (C=O) groups is 1. The Morgan fingerprint density at radius 1 is 1.05 bits per heavy atom. The summed E-state index contributed by atoms with van der Waals surface area (Å²) >= 11 is 3.41. The van der Waals surface area contributed by atoms with Gasteiger partial charge in [0.05, 0.1) is 0 Å². The molecule has 0 fully saturated rings. The summed E-state index contributed by atoms with van der Waals surface area (Å²) in [6.07, 6.45) is 0. The van der Waals surface area contributed by atoms with E-state index < -0.39 is 0 Å². The van der Waals surface area contributed by atoms with Gasteiger partial charge in [0.2, 0.25) is 0 Å². The summed E-state index contributed by atoms with van der Waals surface area (Å²) in [5.41, 5.74) is 2.27. The number of aromatic amines is 1. The molecule has 0 spiro atoms. The molecular formula is C15H11BrN2O. The Labute approximate surface area is 118 Å². The minimum atomic E-state index is -0.140. The molecule has 4 heteroatoms. The van der Waals surface area contributed by atoms with Crippen LogP contribution < -0.4 is 5.32 Å². The first kappa shape index (κ1) is 12.0. The zero-order valence-corrected chi connectivity index (χ0v) is 11.6. The molecule has 0 aliphatic heterocycles. The molecule has 19 heavy (non-hydrogen) atoms. The van der Waals surface area contributed by atoms with Crippen molar-refractivity contribution in [3.8, 4) is 0 Å². The highest BCUT2D eigenvalue weighted by atomic mass is 79.9. The van der Waals surface area contributed by atoms with Gasteiger partial charge in [-0.1, -0.05) is 40.2 Å². The number of hydrogen-bond acceptors (Lipinski definition) is 1. The maximum atomic E-state index is 12.1. The molecular weight excluding hydrogens is 304 g/mol. The minimum absolute atomic E-state index is 0.140. The Balaban J connectivity index is 1.89. The molecule has 3 aromatic rings. The summed E-state index contributed by atoms with van der Waals surface area (Å²) in [6.45, 7) is 0. The van der Waals surface area contributed by atoms with Crippen LogP contribution in [0.15, 0.2) is 59.1 Å². The number of amides is 1. The second kappa shape index (κ2) is 4.90. The highest BCUT2D eigenvalue weighted by molar-refractivity contribution is 9.10. The molecule has 1 amide bonds. The van der Waals surface area contributed by atoms with E-state index in [1.807, 2.05) is 54.6 Å². The highest BCUT2D eigenvalue weighted by Crippen LogP contribution is 2.20. The Bertz CT molecular complexity index is 734. The van der Waals surface area contributed by atoms with E-state index in [1.165, 1.54) is 0 Å². The Morgan fingerprint density at radius 2 is 1.84 bits per heavy atom. The molecule has 1 aromatic heterocycles. The molecule has 1 heterocycles. The summed E-state index contributed by atoms with van der Waals surface area (Å²) < 4.78 is 0.983. The molecule has 0 unspecified atom stereocenters. The van der Waals surface area contributed by atoms with Gasteiger partial charge < -0.3 is 10.3 Å². The van der Waals surface area contributed by atoms with Crippen LogP contribution in [-0.4, -0.2) is 10.9 Å². The fraction of sp³-hybridized carbons (Fsp3) is 0. The first-order valence-corrected chi connectivity index (χ1v) is 6.66. The zero-order valence-electron chi connectivity index (χ0n) is 9.98. The number of benzene rings is 2. The van der Waals surface area contributed by atoms with Crippen LogP contribution in [0, 0.1) is 0 Å². The van der Waals surface area contributed by atoms with Gasteiger partial charge in [0, 0.05) is 21.1 Å². The second-order valence-electron chi connectivity index (χ2n) is 4.23. The van der Waals surface area contributed by atoms with Crippen molar-refractivity contribution in [1.29, 1.82) is 0 Å². The third-order valence-electron chi connectivity index (χ3n) is 2.86. The number of H-pyrrole nitrogens is 1. The summed E-state index contributed by atoms with van der Waals surface area (Å²) in [6, 6.07) is 17.1. The molecule has 0 saturated carbocycles. The van der Waals surface area contributed by atoms with Crippen molar-refractivity contribution in [1.82, 2.24) is 4.98 Å². The number of nitrogens with one attached hydrogen (secondary N) is 2. The van der Waals surface area contributed by atoms with E-state index in [0.29, 0.717) is 5.69 Å². The summed E-state index contributed by atoms with van der Waals surface area (Å²) in [5.74, 6) is -0.140. The van der Waals surface area contributed by atoms with Gasteiger partial charge >= 0.3 is 0 Å². The molecule has 0 atom stereocenters. The quantitative estimate of drug-likeness (QED) is 0.732. The maximum Gasteiger partial charge on any atom is 0.272 e. The monoisotopic (exact) mass is 314 g/mol. The van der Waals surface area contributed by atoms with Crippen molar-refractivity contribution in [3.05, 3.63) is 64.8 Å². The average molecular weight is 315 g/mol. The molecule has 0 saturated heterocycles. The number of para-hydroxylation sites is 1. The van der Waals surface area contributed by atoms with Crippen molar-refractivity contribution >= 4 is 38.4 Å². The van der Waals surface area contributed by atoms with Gasteiger partial charge in [-0.25, -0.2) is 0 Å². The lowest BCUT2D eigenvalue weighted by molar-refractivity contribution is 0.102. The Hall–Kier alpha value is -2.07. The highest BCUT2D eigenvalue weighted by Gasteiger charge is 2.09. The lowest BCUT2D eigenvalue weighted by Crippen LogP contribution is -2.11. The van der Waals surface area contributed by atoms with Gasteiger partial charge in [0.15, 0.2) is 0 Å². The largest absolute Gasteiger partial charge is 0.350 e. The SMILES string of the molecule is O=C(Nc1ccccc1)c1cc2ccc(Br)cc2[nH]1. The lowest BCUT2D eigenvalue weighted by Gasteiger charge is -2.02. The van der Waals surface area contributed by atoms with E-state index in [1.54, 1.807) is 0 Å². The van der Waals surface area contributed by atoms with Gasteiger partial charge in [-0.15, -0.1) is 0 Å². The van der Waals surface area contributed by atoms with Crippen LogP contribution in [0.25, 0.3) is 10.9 Å². The van der Waals surface area contributed by atoms with E-state index in [-0.39, 0.29) is 5.91 Å². The van der Waals surface area contributed by atoms with Crippen molar-refractivity contribution in [2.24, 2.45) is 0 Å². The fourth-order valence-corrected chi connectivity index (χ4v) is 2.30. The first-order valence-electron chi connectivity index (χ1n) is 5.87. The van der Waals surface area contributed by atoms with Crippen LogP contribution in [0.4, 0.5) is 5.69 Å². The van der Waals surface area contributed by atoms with Gasteiger partial charge in [-0.05, 0) is 30.3 Å². The molecule has 0 aliphatic carbocycles. The van der Waals surface area contributed by atoms with E-state index in [9.17, 15) is 4.79 Å². The van der Waals surface area contributed by atoms with Crippen molar-refractivity contribution in [2.45, 2.75) is 0 Å². The van der Waals surface area contributed by atoms with Crippen molar-refractivity contribution in [2.75, 3.05) is 5.32 Å². The zero-order chi connectivity index (χ0) is 13.2. The molecule has 2 N–H and O–H groups in total. The maximum absolute atomic E-state index is 12.1. The van der Waals surface area contributed by atoms with E-state index in [2.05, 4.69) is 26.2 Å². The molecule has 94 valence electrons. The first-order chi connectivity index (χ1) is 9.22. The van der Waals surface area contributed by atoms with Crippen molar-refractivity contribution in [3.63, 3.8) is 0 Å². The summed E-state index contributed by atoms with van der Waals surface area (Å²) in [7, 11) is 0. The van der Waals surface area contributed by atoms with Gasteiger partial charge in [0.25, 0.3) is 5.91 Å². The van der Waals surface area contributed by atoms with Crippen LogP contribution in [-0.2, 0) is 0 Å². The van der Waals surface area contributed by atoms with Crippen LogP contribution in [0.1, 0.15) is 10.5 Å². The number of halogens is 1. The van der Waals surface area contributed by atoms with E-state index in [0.717, 1.165) is 21.1 Å². The van der Waals surface area contributed by atoms with Crippen LogP contribution in [0.2, 0.25) is 0 Å². The van der Waals surface area contributed by atoms with Gasteiger partial charge in [0.1, 0.15) is 5.69 Å². The lowest BCUT2D eigenvalue weighted by atomic mass is 10.2. The number of hydrogen-bond donors (Lipinski definition) is 2. The number of fused-ring (bicyclic) bond motifs is 1. The topological polar surface area (TPSA) is 44.9 Å². The third-order valence-corrected chi connectivity index (χ3v) is 3.35. The number of rotatable bonds is 2. The van der Waals surface area contributed by atoms with Crippen LogP contribution in [0.3, 0.4) is 0 Å². The summed E-state index contributed by atoms with van der Waals surface area (Å²) in [5, 5.41) is 3.87. The van der Waals surface area contributed by atoms with Crippen LogP contribution in [0.5, 0.6) is 0 Å². The Morgan fingerprint density at radius 3 is 2.63 bits per heavy atom. The van der Waals surface area contributed by atoms with Crippen molar-refractivity contribution < 1.29 is 4.79 Å². The molecule has 2 aromatic carbocycles. The number of carbonyl (C=O) groups excluding carboxylic acids is 1. The second-order valence-corrected chi connectivity index (χ2v) is 5.15. The molecule has 0 aliphatic rings. The standard InChI is InChI=1S/C15H11BrN2O/c16-11-7-6-10-8-14(18-13(10)9-11)15(19)17-12-4-2-1-3-5-12/h1-9,18H,(H,17,19). The average Bonchev–Trinajstić information content (AvgIpc) is 2.83. The fourth-order valence-electron chi connectivity index (χ4n) is 1.94. The minimum Gasteiger partial charge on any atom is -0.350 e. The molecule has 3 nitrogen and oxygen atoms in total. The predicted octanol–water partition coefficient (Wildman–Crippen LogP) is 4.18.